The third-order valence-electron chi connectivity index (χ3n) is 3.71. The highest BCUT2D eigenvalue weighted by Gasteiger charge is 2.13. The number of para-hydroxylation sites is 1. The van der Waals surface area contributed by atoms with Gasteiger partial charge in [0.2, 0.25) is 0 Å². The Morgan fingerprint density at radius 1 is 1.04 bits per heavy atom. The number of hydrogen-bond donors (Lipinski definition) is 1. The second-order valence-corrected chi connectivity index (χ2v) is 6.24. The van der Waals surface area contributed by atoms with Crippen molar-refractivity contribution in [1.29, 1.82) is 0 Å². The molecule has 5 nitrogen and oxygen atoms in total. The van der Waals surface area contributed by atoms with Crippen LogP contribution in [-0.4, -0.2) is 22.4 Å². The fourth-order valence-corrected chi connectivity index (χ4v) is 2.73. The summed E-state index contributed by atoms with van der Waals surface area (Å²) in [5, 5.41) is 3.52. The topological polar surface area (TPSA) is 58.1 Å². The average Bonchev–Trinajstić information content (AvgIpc) is 2.67. The van der Waals surface area contributed by atoms with Gasteiger partial charge in [0.25, 0.3) is 5.91 Å². The molecule has 0 bridgehead atoms. The van der Waals surface area contributed by atoms with E-state index in [1.165, 1.54) is 6.20 Å². The molecule has 0 aliphatic heterocycles. The first-order valence-corrected chi connectivity index (χ1v) is 8.75. The van der Waals surface area contributed by atoms with Crippen LogP contribution in [0.1, 0.15) is 17.4 Å². The van der Waals surface area contributed by atoms with Gasteiger partial charge in [0.15, 0.2) is 5.82 Å². The molecule has 0 saturated heterocycles. The van der Waals surface area contributed by atoms with Crippen LogP contribution in [0.15, 0.2) is 60.9 Å². The number of nitrogens with one attached hydrogen (secondary N) is 1. The number of carbonyl (C=O) groups excluding carboxylic acids is 1. The molecule has 0 radical (unpaired) electrons. The van der Waals surface area contributed by atoms with Crippen molar-refractivity contribution in [2.24, 2.45) is 0 Å². The standard InChI is InChI=1S/C19H16Cl2N4O/c1-2-25(14-6-4-3-5-7-14)18-12-22-17(11-23-18)19(26)24-13-8-9-15(20)16(21)10-13/h3-12H,2H2,1H3,(H,24,26). The van der Waals surface area contributed by atoms with E-state index in [1.54, 1.807) is 24.4 Å². The van der Waals surface area contributed by atoms with E-state index in [9.17, 15) is 4.79 Å². The van der Waals surface area contributed by atoms with Crippen LogP contribution >= 0.6 is 23.2 Å². The Morgan fingerprint density at radius 3 is 2.42 bits per heavy atom. The number of anilines is 3. The lowest BCUT2D eigenvalue weighted by Crippen LogP contribution is -2.19. The summed E-state index contributed by atoms with van der Waals surface area (Å²) in [7, 11) is 0. The number of amides is 1. The van der Waals surface area contributed by atoms with Crippen molar-refractivity contribution in [3.05, 3.63) is 76.7 Å². The van der Waals surface area contributed by atoms with Gasteiger partial charge in [-0.25, -0.2) is 9.97 Å². The van der Waals surface area contributed by atoms with Gasteiger partial charge >= 0.3 is 0 Å². The summed E-state index contributed by atoms with van der Waals surface area (Å²) in [5.41, 5.74) is 1.76. The number of carbonyl (C=O) groups is 1. The lowest BCUT2D eigenvalue weighted by molar-refractivity contribution is 0.102. The summed E-state index contributed by atoms with van der Waals surface area (Å²) in [6, 6.07) is 14.7. The first-order chi connectivity index (χ1) is 12.6. The number of rotatable bonds is 5. The molecule has 0 fully saturated rings. The molecule has 0 unspecified atom stereocenters. The Hall–Kier alpha value is -2.63. The fraction of sp³-hybridized carbons (Fsp3) is 0.105. The smallest absolute Gasteiger partial charge is 0.275 e. The minimum absolute atomic E-state index is 0.212. The maximum atomic E-state index is 12.3. The van der Waals surface area contributed by atoms with Crippen LogP contribution < -0.4 is 10.2 Å². The zero-order valence-corrected chi connectivity index (χ0v) is 15.5. The van der Waals surface area contributed by atoms with Crippen molar-refractivity contribution in [3.8, 4) is 0 Å². The third-order valence-corrected chi connectivity index (χ3v) is 4.45. The molecule has 26 heavy (non-hydrogen) atoms. The molecule has 0 spiro atoms. The van der Waals surface area contributed by atoms with Gasteiger partial charge in [-0.1, -0.05) is 41.4 Å². The van der Waals surface area contributed by atoms with E-state index in [0.29, 0.717) is 21.6 Å². The van der Waals surface area contributed by atoms with E-state index in [1.807, 2.05) is 42.2 Å². The molecule has 0 aliphatic rings. The van der Waals surface area contributed by atoms with Crippen LogP contribution in [-0.2, 0) is 0 Å². The van der Waals surface area contributed by atoms with Crippen molar-refractivity contribution in [3.63, 3.8) is 0 Å². The molecule has 1 amide bonds. The predicted octanol–water partition coefficient (Wildman–Crippen LogP) is 5.19. The molecule has 132 valence electrons. The van der Waals surface area contributed by atoms with Gasteiger partial charge in [0.05, 0.1) is 22.4 Å². The lowest BCUT2D eigenvalue weighted by Gasteiger charge is -2.21. The largest absolute Gasteiger partial charge is 0.325 e. The van der Waals surface area contributed by atoms with Crippen molar-refractivity contribution in [2.75, 3.05) is 16.8 Å². The fourth-order valence-electron chi connectivity index (χ4n) is 2.43. The summed E-state index contributed by atoms with van der Waals surface area (Å²) >= 11 is 11.8. The number of halogens is 2. The Morgan fingerprint density at radius 2 is 1.81 bits per heavy atom. The monoisotopic (exact) mass is 386 g/mol. The minimum Gasteiger partial charge on any atom is -0.325 e. The molecule has 7 heteroatoms. The summed E-state index contributed by atoms with van der Waals surface area (Å²) in [4.78, 5) is 22.9. The second-order valence-electron chi connectivity index (χ2n) is 5.42. The highest BCUT2D eigenvalue weighted by atomic mass is 35.5. The van der Waals surface area contributed by atoms with E-state index in [2.05, 4.69) is 15.3 Å². The van der Waals surface area contributed by atoms with Gasteiger partial charge in [0.1, 0.15) is 5.69 Å². The van der Waals surface area contributed by atoms with Gasteiger partial charge < -0.3 is 10.2 Å². The zero-order valence-electron chi connectivity index (χ0n) is 14.0. The van der Waals surface area contributed by atoms with Gasteiger partial charge in [0, 0.05) is 17.9 Å². The third kappa shape index (κ3) is 4.12. The highest BCUT2D eigenvalue weighted by Crippen LogP contribution is 2.25. The molecule has 0 saturated carbocycles. The van der Waals surface area contributed by atoms with Crippen LogP contribution in [0.4, 0.5) is 17.2 Å². The first-order valence-electron chi connectivity index (χ1n) is 7.99. The van der Waals surface area contributed by atoms with Crippen LogP contribution in [0.25, 0.3) is 0 Å². The van der Waals surface area contributed by atoms with Crippen molar-refractivity contribution >= 4 is 46.3 Å². The predicted molar refractivity (Wildman–Crippen MR) is 106 cm³/mol. The number of hydrogen-bond acceptors (Lipinski definition) is 4. The maximum Gasteiger partial charge on any atom is 0.275 e. The Kier molecular flexibility index (Phi) is 5.71. The molecule has 1 aromatic heterocycles. The van der Waals surface area contributed by atoms with Gasteiger partial charge in [-0.05, 0) is 37.3 Å². The SMILES string of the molecule is CCN(c1ccccc1)c1cnc(C(=O)Nc2ccc(Cl)c(Cl)c2)cn1. The second kappa shape index (κ2) is 8.17. The molecule has 3 aromatic rings. The number of nitrogens with zero attached hydrogens (tertiary/aromatic N) is 3. The highest BCUT2D eigenvalue weighted by molar-refractivity contribution is 6.42. The Bertz CT molecular complexity index is 901. The molecule has 3 rings (SSSR count). The van der Waals surface area contributed by atoms with Gasteiger partial charge in [-0.2, -0.15) is 0 Å². The van der Waals surface area contributed by atoms with Gasteiger partial charge in [-0.3, -0.25) is 4.79 Å². The molecule has 2 aromatic carbocycles. The zero-order chi connectivity index (χ0) is 18.5. The van der Waals surface area contributed by atoms with E-state index in [-0.39, 0.29) is 11.6 Å². The molecule has 0 aliphatic carbocycles. The van der Waals surface area contributed by atoms with Crippen LogP contribution in [0.5, 0.6) is 0 Å². The molecule has 1 N–H and O–H groups in total. The van der Waals surface area contributed by atoms with E-state index < -0.39 is 0 Å². The van der Waals surface area contributed by atoms with Gasteiger partial charge in [-0.15, -0.1) is 0 Å². The summed E-state index contributed by atoms with van der Waals surface area (Å²) in [6.07, 6.45) is 3.04. The van der Waals surface area contributed by atoms with E-state index in [0.717, 1.165) is 12.2 Å². The average molecular weight is 387 g/mol. The van der Waals surface area contributed by atoms with Crippen LogP contribution in [0.3, 0.4) is 0 Å². The summed E-state index contributed by atoms with van der Waals surface area (Å²) in [6.45, 7) is 2.76. The normalized spacial score (nSPS) is 10.4. The molecule has 0 atom stereocenters. The minimum atomic E-state index is -0.370. The van der Waals surface area contributed by atoms with Crippen LogP contribution in [0.2, 0.25) is 10.0 Å². The van der Waals surface area contributed by atoms with E-state index in [4.69, 9.17) is 23.2 Å². The Balaban J connectivity index is 1.76. The lowest BCUT2D eigenvalue weighted by atomic mass is 10.3. The quantitative estimate of drug-likeness (QED) is 0.654. The first kappa shape index (κ1) is 18.2. The van der Waals surface area contributed by atoms with E-state index >= 15 is 0 Å². The number of aromatic nitrogens is 2. The van der Waals surface area contributed by atoms with Crippen molar-refractivity contribution in [2.45, 2.75) is 6.92 Å². The van der Waals surface area contributed by atoms with Crippen molar-refractivity contribution in [1.82, 2.24) is 9.97 Å². The molecule has 1 heterocycles. The Labute approximate surface area is 161 Å². The van der Waals surface area contributed by atoms with Crippen molar-refractivity contribution < 1.29 is 4.79 Å². The summed E-state index contributed by atoms with van der Waals surface area (Å²) in [5.74, 6) is 0.301. The maximum absolute atomic E-state index is 12.3. The summed E-state index contributed by atoms with van der Waals surface area (Å²) < 4.78 is 0. The molecular weight excluding hydrogens is 371 g/mol. The molecular formula is C19H16Cl2N4O. The number of benzene rings is 2. The van der Waals surface area contributed by atoms with Crippen LogP contribution in [0, 0.1) is 0 Å².